The van der Waals surface area contributed by atoms with E-state index in [0.29, 0.717) is 18.1 Å². The van der Waals surface area contributed by atoms with E-state index >= 15 is 0 Å². The number of carbonyl (C=O) groups excluding carboxylic acids is 2. The summed E-state index contributed by atoms with van der Waals surface area (Å²) in [6.45, 7) is 0.289. The first kappa shape index (κ1) is 19.0. The van der Waals surface area contributed by atoms with Crippen molar-refractivity contribution >= 4 is 34.2 Å². The molecule has 0 bridgehead atoms. The molecule has 4 aromatic rings. The molecule has 1 aliphatic heterocycles. The zero-order chi connectivity index (χ0) is 21.5. The molecule has 0 saturated heterocycles. The van der Waals surface area contributed by atoms with Crippen molar-refractivity contribution in [1.82, 2.24) is 14.3 Å². The summed E-state index contributed by atoms with van der Waals surface area (Å²) in [4.78, 5) is 26.6. The summed E-state index contributed by atoms with van der Waals surface area (Å²) in [6, 6.07) is 15.5. The fourth-order valence-corrected chi connectivity index (χ4v) is 4.01. The lowest BCUT2D eigenvalue weighted by molar-refractivity contribution is -0.122. The van der Waals surface area contributed by atoms with Gasteiger partial charge in [-0.25, -0.2) is 9.07 Å². The zero-order valence-corrected chi connectivity index (χ0v) is 16.9. The first-order chi connectivity index (χ1) is 15.0. The molecule has 8 heteroatoms. The van der Waals surface area contributed by atoms with E-state index in [9.17, 15) is 14.0 Å². The number of fused-ring (bicyclic) bond motifs is 2. The number of carbonyl (C=O) groups is 2. The maximum atomic E-state index is 13.4. The molecule has 2 aromatic carbocycles. The van der Waals surface area contributed by atoms with Crippen molar-refractivity contribution in [2.45, 2.75) is 13.0 Å². The van der Waals surface area contributed by atoms with Crippen molar-refractivity contribution in [2.24, 2.45) is 7.05 Å². The molecule has 31 heavy (non-hydrogen) atoms. The Hall–Kier alpha value is -3.94. The zero-order valence-electron chi connectivity index (χ0n) is 16.9. The number of hydrogen-bond donors (Lipinski definition) is 1. The Morgan fingerprint density at radius 2 is 2.00 bits per heavy atom. The molecule has 0 radical (unpaired) electrons. The molecule has 1 N–H and O–H groups in total. The monoisotopic (exact) mass is 417 g/mol. The maximum absolute atomic E-state index is 13.4. The van der Waals surface area contributed by atoms with Crippen LogP contribution in [0.1, 0.15) is 6.42 Å². The normalized spacial score (nSPS) is 13.5. The number of nitrogens with zero attached hydrogens (tertiary/aromatic N) is 4. The van der Waals surface area contributed by atoms with Gasteiger partial charge >= 0.3 is 0 Å². The lowest BCUT2D eigenvalue weighted by atomic mass is 10.1. The molecule has 0 unspecified atom stereocenters. The fourth-order valence-electron chi connectivity index (χ4n) is 4.01. The molecule has 2 aromatic heterocycles. The number of benzene rings is 2. The predicted molar refractivity (Wildman–Crippen MR) is 116 cm³/mol. The first-order valence-electron chi connectivity index (χ1n) is 9.97. The summed E-state index contributed by atoms with van der Waals surface area (Å²) in [5.41, 5.74) is 3.15. The van der Waals surface area contributed by atoms with Crippen molar-refractivity contribution in [3.63, 3.8) is 0 Å². The second kappa shape index (κ2) is 7.39. The van der Waals surface area contributed by atoms with Crippen molar-refractivity contribution in [2.75, 3.05) is 16.8 Å². The SMILES string of the molecule is Cn1cc(-c2cc3n(n2)CCC(=O)N3CC(=O)Nc2cccc(F)c2)c2ccccc21. The molecule has 0 saturated carbocycles. The van der Waals surface area contributed by atoms with Gasteiger partial charge in [0.2, 0.25) is 11.8 Å². The Morgan fingerprint density at radius 3 is 2.84 bits per heavy atom. The average molecular weight is 417 g/mol. The molecule has 5 rings (SSSR count). The molecule has 1 aliphatic rings. The van der Waals surface area contributed by atoms with Gasteiger partial charge in [-0.15, -0.1) is 0 Å². The number of aromatic nitrogens is 3. The van der Waals surface area contributed by atoms with E-state index in [0.717, 1.165) is 22.2 Å². The van der Waals surface area contributed by atoms with Crippen LogP contribution in [-0.4, -0.2) is 32.7 Å². The van der Waals surface area contributed by atoms with Crippen LogP contribution in [0.5, 0.6) is 0 Å². The van der Waals surface area contributed by atoms with Crippen LogP contribution in [0.2, 0.25) is 0 Å². The third-order valence-corrected chi connectivity index (χ3v) is 5.46. The molecule has 0 fully saturated rings. The number of nitrogens with one attached hydrogen (secondary N) is 1. The van der Waals surface area contributed by atoms with Gasteiger partial charge in [0.15, 0.2) is 0 Å². The van der Waals surface area contributed by atoms with Crippen LogP contribution >= 0.6 is 0 Å². The summed E-state index contributed by atoms with van der Waals surface area (Å²) in [7, 11) is 1.98. The Bertz CT molecular complexity index is 1320. The Balaban J connectivity index is 1.45. The Morgan fingerprint density at radius 1 is 1.16 bits per heavy atom. The van der Waals surface area contributed by atoms with Gasteiger partial charge in [-0.2, -0.15) is 5.10 Å². The maximum Gasteiger partial charge on any atom is 0.244 e. The van der Waals surface area contributed by atoms with E-state index < -0.39 is 11.7 Å². The molecule has 156 valence electrons. The number of anilines is 2. The first-order valence-corrected chi connectivity index (χ1v) is 9.97. The van der Waals surface area contributed by atoms with Gasteiger partial charge in [-0.05, 0) is 24.3 Å². The summed E-state index contributed by atoms with van der Waals surface area (Å²) in [6.07, 6.45) is 2.28. The third kappa shape index (κ3) is 3.46. The lowest BCUT2D eigenvalue weighted by Crippen LogP contribution is -2.42. The van der Waals surface area contributed by atoms with E-state index in [2.05, 4.69) is 5.32 Å². The highest BCUT2D eigenvalue weighted by Gasteiger charge is 2.28. The van der Waals surface area contributed by atoms with E-state index in [4.69, 9.17) is 5.10 Å². The highest BCUT2D eigenvalue weighted by molar-refractivity contribution is 6.03. The van der Waals surface area contributed by atoms with Crippen LogP contribution in [0, 0.1) is 5.82 Å². The summed E-state index contributed by atoms with van der Waals surface area (Å²) >= 11 is 0. The van der Waals surface area contributed by atoms with Gasteiger partial charge in [0.25, 0.3) is 0 Å². The van der Waals surface area contributed by atoms with Gasteiger partial charge in [0.05, 0.1) is 12.2 Å². The van der Waals surface area contributed by atoms with E-state index in [1.54, 1.807) is 10.7 Å². The third-order valence-electron chi connectivity index (χ3n) is 5.46. The molecule has 0 aliphatic carbocycles. The topological polar surface area (TPSA) is 72.2 Å². The van der Waals surface area contributed by atoms with Crippen LogP contribution in [-0.2, 0) is 23.2 Å². The van der Waals surface area contributed by atoms with Crippen molar-refractivity contribution in [3.05, 3.63) is 66.6 Å². The number of amides is 2. The van der Waals surface area contributed by atoms with Gasteiger partial charge < -0.3 is 9.88 Å². The van der Waals surface area contributed by atoms with Crippen molar-refractivity contribution in [3.8, 4) is 11.3 Å². The molecule has 2 amide bonds. The number of para-hydroxylation sites is 1. The van der Waals surface area contributed by atoms with Gasteiger partial charge in [-0.1, -0.05) is 24.3 Å². The number of hydrogen-bond acceptors (Lipinski definition) is 3. The van der Waals surface area contributed by atoms with Crippen LogP contribution in [0.3, 0.4) is 0 Å². The average Bonchev–Trinajstić information content (AvgIpc) is 3.32. The Labute approximate surface area is 177 Å². The number of halogens is 1. The lowest BCUT2D eigenvalue weighted by Gasteiger charge is -2.26. The quantitative estimate of drug-likeness (QED) is 0.552. The summed E-state index contributed by atoms with van der Waals surface area (Å²) < 4.78 is 17.2. The summed E-state index contributed by atoms with van der Waals surface area (Å²) in [5, 5.41) is 8.41. The van der Waals surface area contributed by atoms with Crippen LogP contribution in [0.4, 0.5) is 15.9 Å². The minimum atomic E-state index is -0.440. The Kier molecular flexibility index (Phi) is 4.54. The van der Waals surface area contributed by atoms with Crippen molar-refractivity contribution in [1.29, 1.82) is 0 Å². The van der Waals surface area contributed by atoms with Crippen LogP contribution in [0.25, 0.3) is 22.2 Å². The smallest absolute Gasteiger partial charge is 0.244 e. The van der Waals surface area contributed by atoms with Crippen LogP contribution < -0.4 is 10.2 Å². The van der Waals surface area contributed by atoms with Gasteiger partial charge in [-0.3, -0.25) is 14.5 Å². The minimum absolute atomic E-state index is 0.147. The summed E-state index contributed by atoms with van der Waals surface area (Å²) in [5.74, 6) is -0.412. The minimum Gasteiger partial charge on any atom is -0.350 e. The number of rotatable bonds is 4. The highest BCUT2D eigenvalue weighted by atomic mass is 19.1. The van der Waals surface area contributed by atoms with Crippen LogP contribution in [0.15, 0.2) is 60.8 Å². The van der Waals surface area contributed by atoms with Gasteiger partial charge in [0.1, 0.15) is 18.2 Å². The second-order valence-corrected chi connectivity index (χ2v) is 7.57. The second-order valence-electron chi connectivity index (χ2n) is 7.57. The van der Waals surface area contributed by atoms with E-state index in [-0.39, 0.29) is 18.9 Å². The molecule has 0 atom stereocenters. The fraction of sp³-hybridized carbons (Fsp3) is 0.174. The standard InChI is InChI=1S/C23H20FN5O2/c1-27-13-18(17-7-2-3-8-20(17)27)19-12-22-28(23(31)9-10-29(22)26-19)14-21(30)25-16-6-4-5-15(24)11-16/h2-8,11-13H,9-10,14H2,1H3,(H,25,30). The largest absolute Gasteiger partial charge is 0.350 e. The molecule has 3 heterocycles. The molecular weight excluding hydrogens is 397 g/mol. The highest BCUT2D eigenvalue weighted by Crippen LogP contribution is 2.33. The predicted octanol–water partition coefficient (Wildman–Crippen LogP) is 3.56. The molecular formula is C23H20FN5O2. The molecule has 0 spiro atoms. The van der Waals surface area contributed by atoms with Gasteiger partial charge in [0, 0.05) is 47.9 Å². The molecule has 7 nitrogen and oxygen atoms in total. The van der Waals surface area contributed by atoms with Crippen molar-refractivity contribution < 1.29 is 14.0 Å². The van der Waals surface area contributed by atoms with E-state index in [1.165, 1.54) is 23.1 Å². The number of aryl methyl sites for hydroxylation is 2. The van der Waals surface area contributed by atoms with E-state index in [1.807, 2.05) is 48.1 Å².